The number of amides is 1. The van der Waals surface area contributed by atoms with Crippen molar-refractivity contribution in [3.63, 3.8) is 0 Å². The number of carbonyl (C=O) groups excluding carboxylic acids is 1. The Bertz CT molecular complexity index is 658. The van der Waals surface area contributed by atoms with Crippen LogP contribution in [-0.2, 0) is 9.53 Å². The number of morpholine rings is 1. The Hall–Kier alpha value is -2.19. The Morgan fingerprint density at radius 1 is 1.28 bits per heavy atom. The van der Waals surface area contributed by atoms with Gasteiger partial charge in [-0.1, -0.05) is 13.8 Å². The van der Waals surface area contributed by atoms with Crippen LogP contribution in [0.3, 0.4) is 0 Å². The number of nitrogens with zero attached hydrogens (tertiary/aromatic N) is 3. The smallest absolute Gasteiger partial charge is 0.271 e. The normalized spacial score (nSPS) is 21.2. The number of hydrogen-bond acceptors (Lipinski definition) is 6. The van der Waals surface area contributed by atoms with E-state index in [9.17, 15) is 14.9 Å². The van der Waals surface area contributed by atoms with Crippen LogP contribution in [0.5, 0.6) is 5.75 Å². The van der Waals surface area contributed by atoms with Gasteiger partial charge in [0, 0.05) is 38.3 Å². The zero-order chi connectivity index (χ0) is 18.0. The largest absolute Gasteiger partial charge is 0.478 e. The highest BCUT2D eigenvalue weighted by Crippen LogP contribution is 2.38. The minimum absolute atomic E-state index is 0.0155. The van der Waals surface area contributed by atoms with Crippen molar-refractivity contribution in [2.45, 2.75) is 20.0 Å². The number of anilines is 1. The summed E-state index contributed by atoms with van der Waals surface area (Å²) in [5.74, 6) is 0.392. The number of nitro groups is 1. The molecular formula is C17H23N3O5. The number of nitro benzene ring substituents is 1. The lowest BCUT2D eigenvalue weighted by Gasteiger charge is -2.37. The van der Waals surface area contributed by atoms with Crippen LogP contribution < -0.4 is 9.64 Å². The van der Waals surface area contributed by atoms with Gasteiger partial charge in [-0.3, -0.25) is 19.8 Å². The first kappa shape index (κ1) is 17.6. The highest BCUT2D eigenvalue weighted by molar-refractivity contribution is 6.00. The molecule has 1 fully saturated rings. The molecule has 3 rings (SSSR count). The van der Waals surface area contributed by atoms with Gasteiger partial charge in [0.25, 0.3) is 11.6 Å². The van der Waals surface area contributed by atoms with Gasteiger partial charge < -0.3 is 14.4 Å². The molecule has 1 amide bonds. The van der Waals surface area contributed by atoms with Crippen molar-refractivity contribution in [1.82, 2.24) is 4.90 Å². The zero-order valence-corrected chi connectivity index (χ0v) is 14.5. The predicted molar refractivity (Wildman–Crippen MR) is 92.0 cm³/mol. The number of ether oxygens (including phenoxy) is 2. The van der Waals surface area contributed by atoms with Gasteiger partial charge in [-0.05, 0) is 12.0 Å². The molecule has 2 aliphatic heterocycles. The summed E-state index contributed by atoms with van der Waals surface area (Å²) in [5, 5.41) is 11.1. The standard InChI is InChI=1S/C17H23N3O5/c1-12(2)16-17(21)19(6-5-18-7-9-24-10-8-18)14-11-13(20(22)23)3-4-15(14)25-16/h3-4,11-12,16H,5-10H2,1-2H3. The van der Waals surface area contributed by atoms with Crippen LogP contribution in [0, 0.1) is 16.0 Å². The van der Waals surface area contributed by atoms with Crippen LogP contribution in [-0.4, -0.2) is 61.2 Å². The van der Waals surface area contributed by atoms with E-state index in [4.69, 9.17) is 9.47 Å². The second-order valence-electron chi connectivity index (χ2n) is 6.64. The van der Waals surface area contributed by atoms with Crippen LogP contribution in [0.1, 0.15) is 13.8 Å². The number of rotatable bonds is 5. The van der Waals surface area contributed by atoms with Gasteiger partial charge >= 0.3 is 0 Å². The maximum atomic E-state index is 12.9. The van der Waals surface area contributed by atoms with Crippen molar-refractivity contribution < 1.29 is 19.2 Å². The third-order valence-electron chi connectivity index (χ3n) is 4.56. The maximum absolute atomic E-state index is 12.9. The van der Waals surface area contributed by atoms with E-state index in [1.807, 2.05) is 13.8 Å². The maximum Gasteiger partial charge on any atom is 0.271 e. The molecule has 1 unspecified atom stereocenters. The van der Waals surface area contributed by atoms with Crippen molar-refractivity contribution in [2.75, 3.05) is 44.3 Å². The molecule has 2 heterocycles. The van der Waals surface area contributed by atoms with E-state index in [1.165, 1.54) is 12.1 Å². The molecule has 0 saturated carbocycles. The Balaban J connectivity index is 1.86. The first-order valence-corrected chi connectivity index (χ1v) is 8.54. The minimum atomic E-state index is -0.571. The van der Waals surface area contributed by atoms with Crippen LogP contribution >= 0.6 is 0 Å². The fourth-order valence-corrected chi connectivity index (χ4v) is 3.11. The number of benzene rings is 1. The highest BCUT2D eigenvalue weighted by Gasteiger charge is 2.37. The second-order valence-corrected chi connectivity index (χ2v) is 6.64. The van der Waals surface area contributed by atoms with Gasteiger partial charge in [0.1, 0.15) is 5.75 Å². The van der Waals surface area contributed by atoms with Crippen LogP contribution in [0.4, 0.5) is 11.4 Å². The molecule has 1 aromatic carbocycles. The molecule has 1 aromatic rings. The molecule has 0 N–H and O–H groups in total. The highest BCUT2D eigenvalue weighted by atomic mass is 16.6. The summed E-state index contributed by atoms with van der Waals surface area (Å²) in [5.41, 5.74) is 0.430. The van der Waals surface area contributed by atoms with Gasteiger partial charge in [0.15, 0.2) is 6.10 Å². The van der Waals surface area contributed by atoms with Crippen molar-refractivity contribution in [2.24, 2.45) is 5.92 Å². The molecule has 0 aliphatic carbocycles. The van der Waals surface area contributed by atoms with Crippen LogP contribution in [0.15, 0.2) is 18.2 Å². The lowest BCUT2D eigenvalue weighted by Crippen LogP contribution is -2.51. The van der Waals surface area contributed by atoms with E-state index < -0.39 is 11.0 Å². The summed E-state index contributed by atoms with van der Waals surface area (Å²) in [6.45, 7) is 8.06. The zero-order valence-electron chi connectivity index (χ0n) is 14.5. The Morgan fingerprint density at radius 2 is 2.00 bits per heavy atom. The molecule has 0 radical (unpaired) electrons. The molecule has 25 heavy (non-hydrogen) atoms. The minimum Gasteiger partial charge on any atom is -0.478 e. The van der Waals surface area contributed by atoms with E-state index in [0.717, 1.165) is 13.1 Å². The molecular weight excluding hydrogens is 326 g/mol. The topological polar surface area (TPSA) is 85.2 Å². The van der Waals surface area contributed by atoms with Crippen molar-refractivity contribution in [1.29, 1.82) is 0 Å². The fourth-order valence-electron chi connectivity index (χ4n) is 3.11. The van der Waals surface area contributed by atoms with Gasteiger partial charge in [-0.25, -0.2) is 0 Å². The van der Waals surface area contributed by atoms with Crippen LogP contribution in [0.2, 0.25) is 0 Å². The molecule has 0 aromatic heterocycles. The lowest BCUT2D eigenvalue weighted by molar-refractivity contribution is -0.384. The monoisotopic (exact) mass is 349 g/mol. The third kappa shape index (κ3) is 3.74. The first-order chi connectivity index (χ1) is 12.0. The fraction of sp³-hybridized carbons (Fsp3) is 0.588. The van der Waals surface area contributed by atoms with Crippen molar-refractivity contribution >= 4 is 17.3 Å². The summed E-state index contributed by atoms with van der Waals surface area (Å²) in [6, 6.07) is 4.41. The molecule has 0 bridgehead atoms. The first-order valence-electron chi connectivity index (χ1n) is 8.54. The number of hydrogen-bond donors (Lipinski definition) is 0. The Kier molecular flexibility index (Phi) is 5.19. The van der Waals surface area contributed by atoms with Crippen molar-refractivity contribution in [3.05, 3.63) is 28.3 Å². The quantitative estimate of drug-likeness (QED) is 0.594. The lowest BCUT2D eigenvalue weighted by atomic mass is 10.0. The van der Waals surface area contributed by atoms with E-state index >= 15 is 0 Å². The van der Waals surface area contributed by atoms with E-state index in [-0.39, 0.29) is 17.5 Å². The Labute approximate surface area is 146 Å². The number of fused-ring (bicyclic) bond motifs is 1. The molecule has 1 saturated heterocycles. The molecule has 136 valence electrons. The summed E-state index contributed by atoms with van der Waals surface area (Å²) in [7, 11) is 0. The second kappa shape index (κ2) is 7.37. The molecule has 8 nitrogen and oxygen atoms in total. The van der Waals surface area contributed by atoms with Gasteiger partial charge in [-0.15, -0.1) is 0 Å². The molecule has 2 aliphatic rings. The summed E-state index contributed by atoms with van der Waals surface area (Å²) in [4.78, 5) is 27.4. The van der Waals surface area contributed by atoms with E-state index in [2.05, 4.69) is 4.90 Å². The summed E-state index contributed by atoms with van der Waals surface area (Å²) in [6.07, 6.45) is -0.571. The van der Waals surface area contributed by atoms with E-state index in [1.54, 1.807) is 11.0 Å². The number of carbonyl (C=O) groups is 1. The van der Waals surface area contributed by atoms with E-state index in [0.29, 0.717) is 37.7 Å². The van der Waals surface area contributed by atoms with Crippen molar-refractivity contribution in [3.8, 4) is 5.75 Å². The van der Waals surface area contributed by atoms with Gasteiger partial charge in [-0.2, -0.15) is 0 Å². The number of non-ortho nitro benzene ring substituents is 1. The Morgan fingerprint density at radius 3 is 2.64 bits per heavy atom. The average Bonchev–Trinajstić information content (AvgIpc) is 2.60. The molecule has 8 heteroatoms. The summed E-state index contributed by atoms with van der Waals surface area (Å²) >= 11 is 0. The third-order valence-corrected chi connectivity index (χ3v) is 4.56. The molecule has 1 atom stereocenters. The van der Waals surface area contributed by atoms with Crippen LogP contribution in [0.25, 0.3) is 0 Å². The van der Waals surface area contributed by atoms with Gasteiger partial charge in [0.05, 0.1) is 23.8 Å². The van der Waals surface area contributed by atoms with Gasteiger partial charge in [0.2, 0.25) is 0 Å². The predicted octanol–water partition coefficient (Wildman–Crippen LogP) is 1.68. The summed E-state index contributed by atoms with van der Waals surface area (Å²) < 4.78 is 11.2. The average molecular weight is 349 g/mol. The SMILES string of the molecule is CC(C)C1Oc2ccc([N+](=O)[O-])cc2N(CCN2CCOCC2)C1=O. The molecule has 0 spiro atoms.